The fourth-order valence-electron chi connectivity index (χ4n) is 1.77. The van der Waals surface area contributed by atoms with Crippen LogP contribution in [0.25, 0.3) is 0 Å². The normalized spacial score (nSPS) is 11.5. The Hall–Kier alpha value is -2.29. The van der Waals surface area contributed by atoms with Gasteiger partial charge in [-0.15, -0.1) is 0 Å². The van der Waals surface area contributed by atoms with Crippen molar-refractivity contribution < 1.29 is 9.53 Å². The molecule has 0 spiro atoms. The summed E-state index contributed by atoms with van der Waals surface area (Å²) in [6, 6.07) is 3.79. The molecule has 0 bridgehead atoms. The van der Waals surface area contributed by atoms with Gasteiger partial charge in [0.25, 0.3) is 0 Å². The summed E-state index contributed by atoms with van der Waals surface area (Å²) >= 11 is 0. The molecule has 1 unspecified atom stereocenters. The zero-order chi connectivity index (χ0) is 15.1. The lowest BCUT2D eigenvalue weighted by Gasteiger charge is -2.23. The third-order valence-electron chi connectivity index (χ3n) is 2.84. The first kappa shape index (κ1) is 15.8. The molecule has 0 amide bonds. The number of aromatic nitrogens is 1. The number of hydrogen-bond acceptors (Lipinski definition) is 6. The third kappa shape index (κ3) is 3.85. The Morgan fingerprint density at radius 1 is 1.60 bits per heavy atom. The average molecular weight is 276 g/mol. The Labute approximate surface area is 119 Å². The molecule has 1 aromatic rings. The molecule has 108 valence electrons. The second-order valence-electron chi connectivity index (χ2n) is 4.42. The maximum atomic E-state index is 11.8. The number of rotatable bonds is 6. The van der Waals surface area contributed by atoms with E-state index in [0.29, 0.717) is 31.1 Å². The summed E-state index contributed by atoms with van der Waals surface area (Å²) in [4.78, 5) is 18.0. The molecule has 0 aromatic carbocycles. The van der Waals surface area contributed by atoms with Crippen molar-refractivity contribution in [2.75, 3.05) is 30.3 Å². The Bertz CT molecular complexity index is 510. The van der Waals surface area contributed by atoms with Crippen molar-refractivity contribution in [3.8, 4) is 6.07 Å². The van der Waals surface area contributed by atoms with Gasteiger partial charge in [-0.25, -0.2) is 9.78 Å². The van der Waals surface area contributed by atoms with Crippen LogP contribution in [0.3, 0.4) is 0 Å². The van der Waals surface area contributed by atoms with Crippen LogP contribution >= 0.6 is 0 Å². The van der Waals surface area contributed by atoms with Gasteiger partial charge in [-0.3, -0.25) is 0 Å². The number of nitrogens with zero attached hydrogens (tertiary/aromatic N) is 3. The highest BCUT2D eigenvalue weighted by molar-refractivity contribution is 5.95. The Balaban J connectivity index is 3.03. The van der Waals surface area contributed by atoms with Gasteiger partial charge in [-0.2, -0.15) is 5.26 Å². The van der Waals surface area contributed by atoms with Gasteiger partial charge in [0.05, 0.1) is 36.0 Å². The highest BCUT2D eigenvalue weighted by Gasteiger charge is 2.16. The fourth-order valence-corrected chi connectivity index (χ4v) is 1.77. The molecule has 0 fully saturated rings. The van der Waals surface area contributed by atoms with Gasteiger partial charge in [-0.1, -0.05) is 0 Å². The first-order chi connectivity index (χ1) is 9.53. The van der Waals surface area contributed by atoms with E-state index in [1.165, 1.54) is 6.20 Å². The smallest absolute Gasteiger partial charge is 0.340 e. The van der Waals surface area contributed by atoms with Gasteiger partial charge >= 0.3 is 5.97 Å². The summed E-state index contributed by atoms with van der Waals surface area (Å²) in [5, 5.41) is 8.89. The van der Waals surface area contributed by atoms with E-state index in [-0.39, 0.29) is 11.6 Å². The number of nitriles is 1. The molecule has 20 heavy (non-hydrogen) atoms. The number of ether oxygens (including phenoxy) is 1. The van der Waals surface area contributed by atoms with Crippen molar-refractivity contribution in [2.45, 2.75) is 20.8 Å². The standard InChI is InChI=1S/C14H20N4O2/c1-4-18(9-10(3)7-15)13-6-11(12(16)8-17-13)14(19)20-5-2/h6,8,10H,4-5,9,16H2,1-3H3. The van der Waals surface area contributed by atoms with E-state index in [0.717, 1.165) is 0 Å². The van der Waals surface area contributed by atoms with Gasteiger partial charge in [0.2, 0.25) is 0 Å². The summed E-state index contributed by atoms with van der Waals surface area (Å²) in [5.41, 5.74) is 6.35. The predicted molar refractivity (Wildman–Crippen MR) is 77.3 cm³/mol. The van der Waals surface area contributed by atoms with Crippen LogP contribution in [0, 0.1) is 17.2 Å². The first-order valence-corrected chi connectivity index (χ1v) is 6.60. The Morgan fingerprint density at radius 2 is 2.30 bits per heavy atom. The van der Waals surface area contributed by atoms with E-state index >= 15 is 0 Å². The van der Waals surface area contributed by atoms with Crippen molar-refractivity contribution in [1.82, 2.24) is 4.98 Å². The summed E-state index contributed by atoms with van der Waals surface area (Å²) in [5.74, 6) is 0.0326. The van der Waals surface area contributed by atoms with Crippen LogP contribution in [-0.4, -0.2) is 30.6 Å². The summed E-state index contributed by atoms with van der Waals surface area (Å²) in [6.07, 6.45) is 1.45. The highest BCUT2D eigenvalue weighted by atomic mass is 16.5. The van der Waals surface area contributed by atoms with E-state index in [1.54, 1.807) is 13.0 Å². The van der Waals surface area contributed by atoms with E-state index in [2.05, 4.69) is 11.1 Å². The number of esters is 1. The van der Waals surface area contributed by atoms with Crippen molar-refractivity contribution >= 4 is 17.5 Å². The molecule has 1 rings (SSSR count). The van der Waals surface area contributed by atoms with Crippen LogP contribution < -0.4 is 10.6 Å². The topological polar surface area (TPSA) is 92.2 Å². The van der Waals surface area contributed by atoms with Crippen LogP contribution in [0.15, 0.2) is 12.3 Å². The van der Waals surface area contributed by atoms with Crippen LogP contribution in [0.5, 0.6) is 0 Å². The lowest BCUT2D eigenvalue weighted by molar-refractivity contribution is 0.0527. The van der Waals surface area contributed by atoms with Crippen molar-refractivity contribution in [3.63, 3.8) is 0 Å². The Morgan fingerprint density at radius 3 is 2.85 bits per heavy atom. The second kappa shape index (κ2) is 7.34. The monoisotopic (exact) mass is 276 g/mol. The summed E-state index contributed by atoms with van der Waals surface area (Å²) < 4.78 is 4.96. The third-order valence-corrected chi connectivity index (χ3v) is 2.84. The molecule has 0 saturated heterocycles. The van der Waals surface area contributed by atoms with Crippen molar-refractivity contribution in [3.05, 3.63) is 17.8 Å². The van der Waals surface area contributed by atoms with E-state index < -0.39 is 5.97 Å². The zero-order valence-corrected chi connectivity index (χ0v) is 12.1. The van der Waals surface area contributed by atoms with Crippen molar-refractivity contribution in [1.29, 1.82) is 5.26 Å². The number of carbonyl (C=O) groups excluding carboxylic acids is 1. The molecule has 0 saturated carbocycles. The molecule has 0 aliphatic heterocycles. The summed E-state index contributed by atoms with van der Waals surface area (Å²) in [6.45, 7) is 7.07. The second-order valence-corrected chi connectivity index (χ2v) is 4.42. The fraction of sp³-hybridized carbons (Fsp3) is 0.500. The lowest BCUT2D eigenvalue weighted by Crippen LogP contribution is -2.29. The largest absolute Gasteiger partial charge is 0.462 e. The van der Waals surface area contributed by atoms with Crippen LogP contribution in [0.1, 0.15) is 31.1 Å². The molecule has 0 radical (unpaired) electrons. The van der Waals surface area contributed by atoms with Crippen molar-refractivity contribution in [2.24, 2.45) is 5.92 Å². The minimum absolute atomic E-state index is 0.125. The number of nitrogens with two attached hydrogens (primary N) is 1. The van der Waals surface area contributed by atoms with Gasteiger partial charge in [0.15, 0.2) is 0 Å². The molecule has 0 aliphatic rings. The zero-order valence-electron chi connectivity index (χ0n) is 12.1. The molecular formula is C14H20N4O2. The first-order valence-electron chi connectivity index (χ1n) is 6.60. The number of nitrogen functional groups attached to an aromatic ring is 1. The SMILES string of the molecule is CCOC(=O)c1cc(N(CC)CC(C)C#N)ncc1N. The van der Waals surface area contributed by atoms with E-state index in [9.17, 15) is 4.79 Å². The quantitative estimate of drug-likeness (QED) is 0.797. The van der Waals surface area contributed by atoms with Crippen LogP contribution in [0.4, 0.5) is 11.5 Å². The van der Waals surface area contributed by atoms with E-state index in [1.807, 2.05) is 18.7 Å². The number of anilines is 2. The minimum atomic E-state index is -0.460. The summed E-state index contributed by atoms with van der Waals surface area (Å²) in [7, 11) is 0. The maximum Gasteiger partial charge on any atom is 0.340 e. The number of hydrogen-bond donors (Lipinski definition) is 1. The molecule has 0 aliphatic carbocycles. The van der Waals surface area contributed by atoms with Crippen LogP contribution in [-0.2, 0) is 4.74 Å². The molecule has 1 aromatic heterocycles. The number of carbonyl (C=O) groups is 1. The molecule has 2 N–H and O–H groups in total. The predicted octanol–water partition coefficient (Wildman–Crippen LogP) is 1.83. The lowest BCUT2D eigenvalue weighted by atomic mass is 10.1. The molecule has 6 nitrogen and oxygen atoms in total. The molecule has 1 heterocycles. The highest BCUT2D eigenvalue weighted by Crippen LogP contribution is 2.20. The molecular weight excluding hydrogens is 256 g/mol. The van der Waals surface area contributed by atoms with Gasteiger partial charge < -0.3 is 15.4 Å². The molecule has 6 heteroatoms. The Kier molecular flexibility index (Phi) is 5.78. The molecule has 1 atom stereocenters. The van der Waals surface area contributed by atoms with Crippen LogP contribution in [0.2, 0.25) is 0 Å². The number of pyridine rings is 1. The average Bonchev–Trinajstić information content (AvgIpc) is 2.45. The van der Waals surface area contributed by atoms with Gasteiger partial charge in [0, 0.05) is 13.1 Å². The van der Waals surface area contributed by atoms with E-state index in [4.69, 9.17) is 15.7 Å². The van der Waals surface area contributed by atoms with Gasteiger partial charge in [0.1, 0.15) is 5.82 Å². The maximum absolute atomic E-state index is 11.8. The minimum Gasteiger partial charge on any atom is -0.462 e. The van der Waals surface area contributed by atoms with Gasteiger partial charge in [-0.05, 0) is 26.8 Å².